The van der Waals surface area contributed by atoms with Crippen molar-refractivity contribution < 1.29 is 19.2 Å². The Morgan fingerprint density at radius 3 is 2.63 bits per heavy atom. The number of thiazole rings is 1. The Morgan fingerprint density at radius 1 is 1.20 bits per heavy atom. The van der Waals surface area contributed by atoms with Crippen molar-refractivity contribution in [2.24, 2.45) is 0 Å². The van der Waals surface area contributed by atoms with Crippen LogP contribution in [0.15, 0.2) is 66.7 Å². The number of para-hydroxylation sites is 1. The molecule has 3 aromatic rings. The maximum atomic E-state index is 13.0. The largest absolute Gasteiger partial charge is 0.459 e. The first-order chi connectivity index (χ1) is 14.5. The molecule has 2 N–H and O–H groups in total. The van der Waals surface area contributed by atoms with E-state index in [0.717, 1.165) is 16.9 Å². The number of rotatable bonds is 7. The summed E-state index contributed by atoms with van der Waals surface area (Å²) in [5.41, 5.74) is 6.68. The van der Waals surface area contributed by atoms with E-state index in [0.29, 0.717) is 17.6 Å². The van der Waals surface area contributed by atoms with E-state index >= 15 is 0 Å². The molecule has 1 aliphatic heterocycles. The summed E-state index contributed by atoms with van der Waals surface area (Å²) in [6.45, 7) is 0.478. The molecular formula is C20H16N4O5S. The van der Waals surface area contributed by atoms with Gasteiger partial charge in [0.2, 0.25) is 18.5 Å². The molecule has 152 valence electrons. The number of hydrogen-bond donors (Lipinski definition) is 1. The van der Waals surface area contributed by atoms with Crippen molar-refractivity contribution in [1.82, 2.24) is 4.98 Å². The van der Waals surface area contributed by atoms with Crippen molar-refractivity contribution in [2.45, 2.75) is 6.54 Å². The lowest BCUT2D eigenvalue weighted by molar-refractivity contribution is -0.385. The lowest BCUT2D eigenvalue weighted by atomic mass is 10.1. The van der Waals surface area contributed by atoms with E-state index in [9.17, 15) is 14.9 Å². The second kappa shape index (κ2) is 8.21. The number of nitro groups is 1. The Kier molecular flexibility index (Phi) is 5.31. The van der Waals surface area contributed by atoms with E-state index in [2.05, 4.69) is 4.98 Å². The van der Waals surface area contributed by atoms with Crippen LogP contribution in [0.2, 0.25) is 0 Å². The number of benzene rings is 2. The maximum Gasteiger partial charge on any atom is 0.280 e. The van der Waals surface area contributed by atoms with Gasteiger partial charge in [-0.05, 0) is 11.6 Å². The molecule has 2 aromatic carbocycles. The van der Waals surface area contributed by atoms with Crippen LogP contribution in [-0.4, -0.2) is 22.5 Å². The minimum absolute atomic E-state index is 0.00396. The highest BCUT2D eigenvalue weighted by Crippen LogP contribution is 2.35. The molecule has 2 heterocycles. The molecule has 30 heavy (non-hydrogen) atoms. The Hall–Kier alpha value is -3.92. The molecule has 0 atom stereocenters. The lowest BCUT2D eigenvalue weighted by Crippen LogP contribution is -2.22. The Labute approximate surface area is 175 Å². The normalized spacial score (nSPS) is 12.6. The molecule has 0 spiro atoms. The van der Waals surface area contributed by atoms with Gasteiger partial charge in [-0.25, -0.2) is 4.98 Å². The smallest absolute Gasteiger partial charge is 0.280 e. The summed E-state index contributed by atoms with van der Waals surface area (Å²) < 4.78 is 10.7. The molecule has 0 saturated heterocycles. The molecule has 10 heteroatoms. The number of carbonyl (C=O) groups is 1. The first-order valence-corrected chi connectivity index (χ1v) is 9.66. The summed E-state index contributed by atoms with van der Waals surface area (Å²) in [5, 5.41) is 11.7. The number of carbonyl (C=O) groups excluding carboxylic acids is 1. The number of anilines is 2. The number of nitrogens with zero attached hydrogens (tertiary/aromatic N) is 3. The number of nitrogen functional groups attached to an aromatic ring is 1. The molecular weight excluding hydrogens is 408 g/mol. The molecule has 0 aliphatic carbocycles. The van der Waals surface area contributed by atoms with Gasteiger partial charge in [-0.2, -0.15) is 0 Å². The van der Waals surface area contributed by atoms with E-state index in [-0.39, 0.29) is 28.7 Å². The molecule has 4 rings (SSSR count). The Balaban J connectivity index is 1.71. The highest BCUT2D eigenvalue weighted by molar-refractivity contribution is 7.18. The van der Waals surface area contributed by atoms with Gasteiger partial charge in [-0.1, -0.05) is 53.8 Å². The third kappa shape index (κ3) is 3.80. The van der Waals surface area contributed by atoms with Crippen molar-refractivity contribution in [1.29, 1.82) is 0 Å². The lowest BCUT2D eigenvalue weighted by Gasteiger charge is -2.20. The first kappa shape index (κ1) is 19.4. The number of nitrogens with two attached hydrogens (primary N) is 1. The monoisotopic (exact) mass is 424 g/mol. The molecule has 0 bridgehead atoms. The van der Waals surface area contributed by atoms with Crippen LogP contribution < -0.4 is 10.6 Å². The predicted molar refractivity (Wildman–Crippen MR) is 111 cm³/mol. The van der Waals surface area contributed by atoms with E-state index in [1.165, 1.54) is 24.5 Å². The number of ether oxygens (including phenoxy) is 2. The molecule has 1 aromatic heterocycles. The zero-order chi connectivity index (χ0) is 21.1. The standard InChI is InChI=1S/C20H16N4O5S/c21-19-18(17(25)14-8-4-5-9-15(14)24(26)27)30-20(22-19)23(16-11-28-12-29-16)10-13-6-2-1-3-7-13/h1-9,11H,10,12,21H2. The number of ketones is 1. The topological polar surface area (TPSA) is 121 Å². The second-order valence-corrected chi connectivity index (χ2v) is 7.25. The highest BCUT2D eigenvalue weighted by Gasteiger charge is 2.28. The number of hydrogen-bond acceptors (Lipinski definition) is 9. The van der Waals surface area contributed by atoms with Crippen molar-refractivity contribution in [3.63, 3.8) is 0 Å². The van der Waals surface area contributed by atoms with Gasteiger partial charge in [0.1, 0.15) is 22.5 Å². The van der Waals surface area contributed by atoms with Crippen LogP contribution in [0, 0.1) is 10.1 Å². The zero-order valence-electron chi connectivity index (χ0n) is 15.6. The van der Waals surface area contributed by atoms with Gasteiger partial charge in [0.25, 0.3) is 5.69 Å². The fourth-order valence-electron chi connectivity index (χ4n) is 2.93. The van der Waals surface area contributed by atoms with Gasteiger partial charge in [0, 0.05) is 6.07 Å². The van der Waals surface area contributed by atoms with Gasteiger partial charge in [-0.3, -0.25) is 19.8 Å². The molecule has 1 aliphatic rings. The summed E-state index contributed by atoms with van der Waals surface area (Å²) in [6.07, 6.45) is 1.46. The van der Waals surface area contributed by atoms with E-state index in [4.69, 9.17) is 15.2 Å². The van der Waals surface area contributed by atoms with Crippen LogP contribution in [0.25, 0.3) is 0 Å². The van der Waals surface area contributed by atoms with Crippen molar-refractivity contribution in [3.8, 4) is 0 Å². The minimum Gasteiger partial charge on any atom is -0.459 e. The second-order valence-electron chi connectivity index (χ2n) is 6.27. The van der Waals surface area contributed by atoms with Crippen LogP contribution in [-0.2, 0) is 16.0 Å². The molecule has 0 saturated carbocycles. The average molecular weight is 424 g/mol. The van der Waals surface area contributed by atoms with Gasteiger partial charge in [0.15, 0.2) is 5.13 Å². The molecule has 9 nitrogen and oxygen atoms in total. The predicted octanol–water partition coefficient (Wildman–Crippen LogP) is 3.67. The van der Waals surface area contributed by atoms with E-state index < -0.39 is 10.7 Å². The average Bonchev–Trinajstić information content (AvgIpc) is 3.42. The molecule has 0 fully saturated rings. The van der Waals surface area contributed by atoms with Gasteiger partial charge < -0.3 is 15.2 Å². The highest BCUT2D eigenvalue weighted by atomic mass is 32.1. The summed E-state index contributed by atoms with van der Waals surface area (Å²) in [5.74, 6) is -0.131. The Bertz CT molecular complexity index is 1130. The van der Waals surface area contributed by atoms with Crippen LogP contribution in [0.3, 0.4) is 0 Å². The summed E-state index contributed by atoms with van der Waals surface area (Å²) in [6, 6.07) is 15.4. The van der Waals surface area contributed by atoms with Crippen LogP contribution >= 0.6 is 11.3 Å². The fraction of sp³-hybridized carbons (Fsp3) is 0.100. The van der Waals surface area contributed by atoms with Gasteiger partial charge in [0.05, 0.1) is 11.5 Å². The zero-order valence-corrected chi connectivity index (χ0v) is 16.4. The van der Waals surface area contributed by atoms with Crippen LogP contribution in [0.4, 0.5) is 16.6 Å². The molecule has 0 radical (unpaired) electrons. The fourth-order valence-corrected chi connectivity index (χ4v) is 3.87. The quantitative estimate of drug-likeness (QED) is 0.346. The third-order valence-corrected chi connectivity index (χ3v) is 5.43. The Morgan fingerprint density at radius 2 is 1.93 bits per heavy atom. The first-order valence-electron chi connectivity index (χ1n) is 8.85. The maximum absolute atomic E-state index is 13.0. The number of nitro benzene ring substituents is 1. The van der Waals surface area contributed by atoms with Crippen molar-refractivity contribution in [3.05, 3.63) is 92.9 Å². The van der Waals surface area contributed by atoms with E-state index in [1.807, 2.05) is 30.3 Å². The van der Waals surface area contributed by atoms with Gasteiger partial charge in [-0.15, -0.1) is 0 Å². The van der Waals surface area contributed by atoms with Crippen LogP contribution in [0.5, 0.6) is 0 Å². The third-order valence-electron chi connectivity index (χ3n) is 4.33. The van der Waals surface area contributed by atoms with Crippen LogP contribution in [0.1, 0.15) is 20.8 Å². The van der Waals surface area contributed by atoms with Crippen molar-refractivity contribution in [2.75, 3.05) is 17.4 Å². The molecule has 0 unspecified atom stereocenters. The summed E-state index contributed by atoms with van der Waals surface area (Å²) >= 11 is 1.04. The minimum atomic E-state index is -0.596. The van der Waals surface area contributed by atoms with E-state index in [1.54, 1.807) is 11.0 Å². The summed E-state index contributed by atoms with van der Waals surface area (Å²) in [7, 11) is 0. The molecule has 0 amide bonds. The summed E-state index contributed by atoms with van der Waals surface area (Å²) in [4.78, 5) is 29.9. The number of aromatic nitrogens is 1. The van der Waals surface area contributed by atoms with Crippen molar-refractivity contribution >= 4 is 33.8 Å². The van der Waals surface area contributed by atoms with Gasteiger partial charge >= 0.3 is 0 Å². The SMILES string of the molecule is Nc1nc(N(Cc2ccccc2)C2=COCO2)sc1C(=O)c1ccccc1[N+](=O)[O-].